The van der Waals surface area contributed by atoms with Crippen molar-refractivity contribution in [3.63, 3.8) is 0 Å². The van der Waals surface area contributed by atoms with Crippen molar-refractivity contribution in [1.82, 2.24) is 4.90 Å². The van der Waals surface area contributed by atoms with Crippen LogP contribution in [0, 0.1) is 0 Å². The van der Waals surface area contributed by atoms with E-state index >= 15 is 0 Å². The Bertz CT molecular complexity index is 521. The Morgan fingerprint density at radius 2 is 1.63 bits per heavy atom. The fourth-order valence-electron chi connectivity index (χ4n) is 2.65. The molecule has 1 aliphatic rings. The maximum atomic E-state index is 9.53. The number of hydrogen-bond acceptors (Lipinski definition) is 2. The van der Waals surface area contributed by atoms with Crippen LogP contribution in [0.2, 0.25) is 0 Å². The van der Waals surface area contributed by atoms with E-state index in [-0.39, 0.29) is 6.10 Å². The topological polar surface area (TPSA) is 23.5 Å². The number of hydrogen-bond donors (Lipinski definition) is 1. The summed E-state index contributed by atoms with van der Waals surface area (Å²) in [5.41, 5.74) is 3.82. The highest BCUT2D eigenvalue weighted by Crippen LogP contribution is 2.20. The van der Waals surface area contributed by atoms with E-state index in [2.05, 4.69) is 53.4 Å². The highest BCUT2D eigenvalue weighted by atomic mass is 16.3. The molecule has 1 saturated heterocycles. The van der Waals surface area contributed by atoms with Gasteiger partial charge in [-0.1, -0.05) is 54.6 Å². The van der Waals surface area contributed by atoms with Crippen LogP contribution in [0.1, 0.15) is 12.0 Å². The first-order valence-electron chi connectivity index (χ1n) is 6.86. The molecule has 1 atom stereocenters. The molecule has 1 fully saturated rings. The second-order valence-electron chi connectivity index (χ2n) is 5.24. The molecule has 2 heteroatoms. The summed E-state index contributed by atoms with van der Waals surface area (Å²) in [6, 6.07) is 19.2. The minimum Gasteiger partial charge on any atom is -0.392 e. The molecule has 0 aromatic heterocycles. The molecule has 0 aliphatic carbocycles. The molecule has 2 nitrogen and oxygen atoms in total. The summed E-state index contributed by atoms with van der Waals surface area (Å²) >= 11 is 0. The van der Waals surface area contributed by atoms with Gasteiger partial charge in [-0.3, -0.25) is 4.90 Å². The van der Waals surface area contributed by atoms with Crippen LogP contribution in [-0.2, 0) is 6.54 Å². The molecule has 0 saturated carbocycles. The number of aliphatic hydroxyl groups excluding tert-OH is 1. The summed E-state index contributed by atoms with van der Waals surface area (Å²) < 4.78 is 0. The average molecular weight is 253 g/mol. The van der Waals surface area contributed by atoms with E-state index < -0.39 is 0 Å². The zero-order valence-corrected chi connectivity index (χ0v) is 11.0. The Morgan fingerprint density at radius 1 is 0.947 bits per heavy atom. The fourth-order valence-corrected chi connectivity index (χ4v) is 2.65. The van der Waals surface area contributed by atoms with Crippen LogP contribution < -0.4 is 0 Å². The molecule has 19 heavy (non-hydrogen) atoms. The van der Waals surface area contributed by atoms with Crippen molar-refractivity contribution in [2.45, 2.75) is 19.1 Å². The minimum atomic E-state index is -0.136. The van der Waals surface area contributed by atoms with Gasteiger partial charge in [-0.2, -0.15) is 0 Å². The number of aliphatic hydroxyl groups is 1. The van der Waals surface area contributed by atoms with Gasteiger partial charge in [-0.25, -0.2) is 0 Å². The van der Waals surface area contributed by atoms with Gasteiger partial charge in [0.05, 0.1) is 6.10 Å². The molecule has 0 bridgehead atoms. The Balaban J connectivity index is 1.69. The summed E-state index contributed by atoms with van der Waals surface area (Å²) in [6.45, 7) is 2.74. The highest BCUT2D eigenvalue weighted by Gasteiger charge is 2.19. The molecule has 1 N–H and O–H groups in total. The van der Waals surface area contributed by atoms with Crippen LogP contribution in [0.4, 0.5) is 0 Å². The lowest BCUT2D eigenvalue weighted by Gasteiger charge is -2.15. The molecule has 2 aromatic carbocycles. The third kappa shape index (κ3) is 3.03. The van der Waals surface area contributed by atoms with E-state index in [0.29, 0.717) is 0 Å². The maximum Gasteiger partial charge on any atom is 0.0679 e. The number of β-amino-alcohol motifs (C(OH)–C–C–N with tert-alkyl or cyclic N) is 1. The van der Waals surface area contributed by atoms with Gasteiger partial charge < -0.3 is 5.11 Å². The lowest BCUT2D eigenvalue weighted by Crippen LogP contribution is -2.21. The summed E-state index contributed by atoms with van der Waals surface area (Å²) in [4.78, 5) is 2.31. The van der Waals surface area contributed by atoms with Gasteiger partial charge in [0.25, 0.3) is 0 Å². The lowest BCUT2D eigenvalue weighted by atomic mass is 10.0. The molecule has 3 rings (SSSR count). The van der Waals surface area contributed by atoms with Crippen LogP contribution >= 0.6 is 0 Å². The molecule has 1 aliphatic heterocycles. The second-order valence-corrected chi connectivity index (χ2v) is 5.24. The summed E-state index contributed by atoms with van der Waals surface area (Å²) in [5, 5.41) is 9.53. The van der Waals surface area contributed by atoms with E-state index in [9.17, 15) is 5.11 Å². The van der Waals surface area contributed by atoms with Crippen molar-refractivity contribution < 1.29 is 5.11 Å². The molecular formula is C17H19NO. The molecule has 0 unspecified atom stereocenters. The predicted molar refractivity (Wildman–Crippen MR) is 77.8 cm³/mol. The third-order valence-corrected chi connectivity index (χ3v) is 3.71. The van der Waals surface area contributed by atoms with Crippen molar-refractivity contribution in [1.29, 1.82) is 0 Å². The molecule has 0 radical (unpaired) electrons. The summed E-state index contributed by atoms with van der Waals surface area (Å²) in [6.07, 6.45) is 0.769. The monoisotopic (exact) mass is 253 g/mol. The first kappa shape index (κ1) is 12.4. The standard InChI is InChI=1S/C17H19NO/c19-17-10-11-18(13-17)12-14-6-8-16(9-7-14)15-4-2-1-3-5-15/h1-9,17,19H,10-13H2/t17-/m0/s1. The number of rotatable bonds is 3. The number of likely N-dealkylation sites (tertiary alicyclic amines) is 1. The molecule has 98 valence electrons. The van der Waals surface area contributed by atoms with E-state index in [1.807, 2.05) is 6.07 Å². The van der Waals surface area contributed by atoms with Crippen LogP contribution in [-0.4, -0.2) is 29.2 Å². The number of benzene rings is 2. The SMILES string of the molecule is O[C@H]1CCN(Cc2ccc(-c3ccccc3)cc2)C1. The van der Waals surface area contributed by atoms with Crippen LogP contribution in [0.15, 0.2) is 54.6 Å². The first-order chi connectivity index (χ1) is 9.31. The molecule has 1 heterocycles. The minimum absolute atomic E-state index is 0.136. The van der Waals surface area contributed by atoms with Crippen molar-refractivity contribution in [2.75, 3.05) is 13.1 Å². The number of nitrogens with zero attached hydrogens (tertiary/aromatic N) is 1. The normalized spacial score (nSPS) is 19.7. The van der Waals surface area contributed by atoms with Gasteiger partial charge in [0.15, 0.2) is 0 Å². The fraction of sp³-hybridized carbons (Fsp3) is 0.294. The van der Waals surface area contributed by atoms with Crippen LogP contribution in [0.3, 0.4) is 0 Å². The predicted octanol–water partition coefficient (Wildman–Crippen LogP) is 2.92. The van der Waals surface area contributed by atoms with Gasteiger partial charge >= 0.3 is 0 Å². The zero-order chi connectivity index (χ0) is 13.1. The Morgan fingerprint density at radius 3 is 2.26 bits per heavy atom. The molecular weight excluding hydrogens is 234 g/mol. The van der Waals surface area contributed by atoms with Crippen molar-refractivity contribution in [2.24, 2.45) is 0 Å². The first-order valence-corrected chi connectivity index (χ1v) is 6.86. The summed E-state index contributed by atoms with van der Waals surface area (Å²) in [5.74, 6) is 0. The maximum absolute atomic E-state index is 9.53. The van der Waals surface area contributed by atoms with Gasteiger partial charge in [-0.05, 0) is 23.1 Å². The zero-order valence-electron chi connectivity index (χ0n) is 11.0. The Hall–Kier alpha value is -1.64. The van der Waals surface area contributed by atoms with Crippen molar-refractivity contribution >= 4 is 0 Å². The van der Waals surface area contributed by atoms with Gasteiger partial charge in [-0.15, -0.1) is 0 Å². The van der Waals surface area contributed by atoms with E-state index in [4.69, 9.17) is 0 Å². The quantitative estimate of drug-likeness (QED) is 0.909. The molecule has 0 amide bonds. The van der Waals surface area contributed by atoms with E-state index in [0.717, 1.165) is 26.1 Å². The van der Waals surface area contributed by atoms with Gasteiger partial charge in [0.2, 0.25) is 0 Å². The Labute approximate surface area is 114 Å². The van der Waals surface area contributed by atoms with Crippen molar-refractivity contribution in [3.05, 3.63) is 60.2 Å². The molecule has 0 spiro atoms. The largest absolute Gasteiger partial charge is 0.392 e. The summed E-state index contributed by atoms with van der Waals surface area (Å²) in [7, 11) is 0. The molecule has 2 aromatic rings. The lowest BCUT2D eigenvalue weighted by molar-refractivity contribution is 0.175. The second kappa shape index (κ2) is 5.55. The van der Waals surface area contributed by atoms with Crippen LogP contribution in [0.25, 0.3) is 11.1 Å². The van der Waals surface area contributed by atoms with Gasteiger partial charge in [0.1, 0.15) is 0 Å². The third-order valence-electron chi connectivity index (χ3n) is 3.71. The van der Waals surface area contributed by atoms with Gasteiger partial charge in [0, 0.05) is 19.6 Å². The smallest absolute Gasteiger partial charge is 0.0679 e. The van der Waals surface area contributed by atoms with E-state index in [1.54, 1.807) is 0 Å². The Kier molecular flexibility index (Phi) is 3.62. The van der Waals surface area contributed by atoms with Crippen molar-refractivity contribution in [3.8, 4) is 11.1 Å². The highest BCUT2D eigenvalue weighted by molar-refractivity contribution is 5.63. The average Bonchev–Trinajstić information content (AvgIpc) is 2.86. The van der Waals surface area contributed by atoms with Crippen LogP contribution in [0.5, 0.6) is 0 Å². The van der Waals surface area contributed by atoms with E-state index in [1.165, 1.54) is 16.7 Å².